The molecule has 1 saturated carbocycles. The molecule has 9 heavy (non-hydrogen) atoms. The maximum absolute atomic E-state index is 10.5. The summed E-state index contributed by atoms with van der Waals surface area (Å²) in [4.78, 5) is 10.5. The van der Waals surface area contributed by atoms with Gasteiger partial charge in [-0.1, -0.05) is 0 Å². The van der Waals surface area contributed by atoms with Gasteiger partial charge in [0.1, 0.15) is 0 Å². The van der Waals surface area contributed by atoms with E-state index in [1.807, 2.05) is 0 Å². The van der Waals surface area contributed by atoms with E-state index < -0.39 is 0 Å². The van der Waals surface area contributed by atoms with Crippen molar-refractivity contribution in [1.82, 2.24) is 0 Å². The molecule has 1 nitrogen and oxygen atoms in total. The average Bonchev–Trinajstić information content (AvgIpc) is 1.77. The second kappa shape index (κ2) is 4.24. The molecule has 0 bridgehead atoms. The van der Waals surface area contributed by atoms with Crippen LogP contribution in [0, 0.1) is 6.42 Å². The third kappa shape index (κ3) is 3.17. The van der Waals surface area contributed by atoms with Crippen molar-refractivity contribution < 1.29 is 37.5 Å². The Balaban J connectivity index is 0.000000640. The number of hydrogen-bond acceptors (Lipinski definition) is 1. The maximum atomic E-state index is 10.5. The van der Waals surface area contributed by atoms with Crippen LogP contribution in [0.25, 0.3) is 0 Å². The van der Waals surface area contributed by atoms with Gasteiger partial charge in [0.25, 0.3) is 0 Å². The molecule has 1 rings (SSSR count). The quantitative estimate of drug-likeness (QED) is 0.425. The van der Waals surface area contributed by atoms with Crippen molar-refractivity contribution in [3.63, 3.8) is 0 Å². The van der Waals surface area contributed by atoms with E-state index in [2.05, 4.69) is 6.58 Å². The molecule has 0 aliphatic heterocycles. The number of carbonyl (C=O) groups is 1. The van der Waals surface area contributed by atoms with E-state index in [9.17, 15) is 4.79 Å². The Kier molecular flexibility index (Phi) is 4.42. The van der Waals surface area contributed by atoms with Gasteiger partial charge in [0.05, 0.1) is 0 Å². The van der Waals surface area contributed by atoms with E-state index >= 15 is 0 Å². The van der Waals surface area contributed by atoms with E-state index in [1.165, 1.54) is 5.57 Å². The van der Waals surface area contributed by atoms with Crippen LogP contribution >= 0.6 is 0 Å². The van der Waals surface area contributed by atoms with Gasteiger partial charge >= 0.3 is 32.7 Å². The summed E-state index contributed by atoms with van der Waals surface area (Å²) in [6, 6.07) is 0. The van der Waals surface area contributed by atoms with E-state index in [0.29, 0.717) is 6.42 Å². The molecular formula is C7H9OY+2. The molecule has 0 N–H and O–H groups in total. The predicted molar refractivity (Wildman–Crippen MR) is 32.3 cm³/mol. The van der Waals surface area contributed by atoms with Gasteiger partial charge in [0.15, 0.2) is 0 Å². The minimum absolute atomic E-state index is 0. The first-order valence-electron chi connectivity index (χ1n) is 2.82. The van der Waals surface area contributed by atoms with Crippen LogP contribution in [0.5, 0.6) is 0 Å². The van der Waals surface area contributed by atoms with Gasteiger partial charge in [-0.15, -0.1) is 18.6 Å². The number of allylic oxidation sites excluding steroid dienone is 1. The van der Waals surface area contributed by atoms with Crippen LogP contribution in [0.4, 0.5) is 0 Å². The van der Waals surface area contributed by atoms with Crippen LogP contribution in [0.2, 0.25) is 0 Å². The summed E-state index contributed by atoms with van der Waals surface area (Å²) in [7, 11) is 0. The summed E-state index contributed by atoms with van der Waals surface area (Å²) >= 11 is 0. The second-order valence-corrected chi connectivity index (χ2v) is 2.12. The van der Waals surface area contributed by atoms with E-state index in [-0.39, 0.29) is 38.5 Å². The zero-order valence-corrected chi connectivity index (χ0v) is 8.23. The topological polar surface area (TPSA) is 17.1 Å². The molecule has 0 aromatic rings. The summed E-state index contributed by atoms with van der Waals surface area (Å²) in [6.07, 6.45) is 4.10. The van der Waals surface area contributed by atoms with Gasteiger partial charge in [-0.3, -0.25) is 0 Å². The van der Waals surface area contributed by atoms with Crippen LogP contribution in [0.1, 0.15) is 19.3 Å². The van der Waals surface area contributed by atoms with Crippen molar-refractivity contribution in [2.24, 2.45) is 0 Å². The van der Waals surface area contributed by atoms with Crippen molar-refractivity contribution in [1.29, 1.82) is 0 Å². The molecule has 0 aromatic heterocycles. The van der Waals surface area contributed by atoms with E-state index in [1.54, 1.807) is 6.42 Å². The monoisotopic (exact) mass is 198 g/mol. The Morgan fingerprint density at radius 1 is 1.44 bits per heavy atom. The zero-order chi connectivity index (χ0) is 5.98. The molecule has 44 valence electrons. The van der Waals surface area contributed by atoms with Crippen LogP contribution in [0.3, 0.4) is 0 Å². The first kappa shape index (κ1) is 9.38. The van der Waals surface area contributed by atoms with E-state index in [4.69, 9.17) is 0 Å². The normalized spacial score (nSPS) is 18.2. The Labute approximate surface area is 80.8 Å². The Hall–Kier alpha value is 0.384. The molecule has 1 fully saturated rings. The van der Waals surface area contributed by atoms with Crippen molar-refractivity contribution in [3.05, 3.63) is 18.6 Å². The number of rotatable bonds is 0. The van der Waals surface area contributed by atoms with Crippen LogP contribution in [0.15, 0.2) is 12.2 Å². The van der Waals surface area contributed by atoms with Gasteiger partial charge < -0.3 is 11.2 Å². The summed E-state index contributed by atoms with van der Waals surface area (Å²) in [5.74, 6) is 0.275. The van der Waals surface area contributed by atoms with Crippen LogP contribution < -0.4 is 0 Å². The molecular weight excluding hydrogens is 189 g/mol. The zero-order valence-electron chi connectivity index (χ0n) is 5.39. The van der Waals surface area contributed by atoms with Crippen molar-refractivity contribution >= 4 is 5.78 Å². The molecule has 1 aliphatic carbocycles. The molecule has 0 heterocycles. The first-order chi connectivity index (χ1) is 3.79. The summed E-state index contributed by atoms with van der Waals surface area (Å²) < 4.78 is 0. The molecule has 0 amide bonds. The van der Waals surface area contributed by atoms with Crippen molar-refractivity contribution in [3.8, 4) is 0 Å². The van der Waals surface area contributed by atoms with Gasteiger partial charge in [-0.2, -0.15) is 0 Å². The van der Waals surface area contributed by atoms with Gasteiger partial charge in [-0.05, 0) is 18.6 Å². The fourth-order valence-corrected chi connectivity index (χ4v) is 0.762. The van der Waals surface area contributed by atoms with Gasteiger partial charge in [0, 0.05) is 0 Å². The molecule has 0 aromatic carbocycles. The molecule has 0 spiro atoms. The smallest absolute Gasteiger partial charge is 0.334 e. The second-order valence-electron chi connectivity index (χ2n) is 2.12. The summed E-state index contributed by atoms with van der Waals surface area (Å²) in [5.41, 5.74) is 1.18. The molecule has 0 radical (unpaired) electrons. The summed E-state index contributed by atoms with van der Waals surface area (Å²) in [6.45, 7) is 3.77. The Morgan fingerprint density at radius 2 is 2.11 bits per heavy atom. The number of carbonyl (C=O) groups excluding carboxylic acids is 1. The first-order valence-corrected chi connectivity index (χ1v) is 2.82. The van der Waals surface area contributed by atoms with Crippen molar-refractivity contribution in [2.75, 3.05) is 0 Å². The predicted octanol–water partition coefficient (Wildman–Crippen LogP) is 1.50. The fourth-order valence-electron chi connectivity index (χ4n) is 0.762. The third-order valence-corrected chi connectivity index (χ3v) is 1.34. The molecule has 0 saturated heterocycles. The number of ketones is 1. The minimum Gasteiger partial charge on any atom is -0.334 e. The van der Waals surface area contributed by atoms with Crippen molar-refractivity contribution in [2.45, 2.75) is 19.3 Å². The average molecular weight is 198 g/mol. The molecule has 1 aliphatic rings. The minimum atomic E-state index is 0. The number of hydrogen-bond donors (Lipinski definition) is 0. The van der Waals surface area contributed by atoms with Crippen LogP contribution in [-0.4, -0.2) is 5.78 Å². The molecule has 0 atom stereocenters. The summed E-state index contributed by atoms with van der Waals surface area (Å²) in [5, 5.41) is 0. The van der Waals surface area contributed by atoms with Gasteiger partial charge in [-0.25, -0.2) is 0 Å². The third-order valence-electron chi connectivity index (χ3n) is 1.34. The van der Waals surface area contributed by atoms with E-state index in [0.717, 1.165) is 12.8 Å². The SMILES string of the molecule is C=C1C[CH-]C(=O)CC1.[Y+3]. The number of Topliss-reactive ketones (excluding diaryl/α,β-unsaturated/α-hetero) is 1. The van der Waals surface area contributed by atoms with Crippen LogP contribution in [-0.2, 0) is 37.5 Å². The Bertz CT molecular complexity index is 101. The largest absolute Gasteiger partial charge is 3.00 e. The van der Waals surface area contributed by atoms with Gasteiger partial charge in [0.2, 0.25) is 0 Å². The Morgan fingerprint density at radius 3 is 2.44 bits per heavy atom. The fraction of sp³-hybridized carbons (Fsp3) is 0.429. The standard InChI is InChI=1S/C7H9O.Y/c1-6-2-4-7(8)5-3-6;/h4H,1-3,5H2;/q-1;+3. The molecule has 0 unspecified atom stereocenters. The molecule has 2 heteroatoms. The maximum Gasteiger partial charge on any atom is 3.00 e.